The number of hydrogen-bond donors (Lipinski definition) is 0. The molecule has 0 radical (unpaired) electrons. The number of hydrogen-bond acceptors (Lipinski definition) is 6. The predicted molar refractivity (Wildman–Crippen MR) is 98.9 cm³/mol. The summed E-state index contributed by atoms with van der Waals surface area (Å²) in [5, 5.41) is 4.05. The number of carbonyl (C=O) groups excluding carboxylic acids is 1. The van der Waals surface area contributed by atoms with Crippen LogP contribution in [0.3, 0.4) is 0 Å². The maximum absolute atomic E-state index is 13.2. The van der Waals surface area contributed by atoms with E-state index in [-0.39, 0.29) is 11.3 Å². The molecule has 1 unspecified atom stereocenters. The largest absolute Gasteiger partial charge is 0.493 e. The van der Waals surface area contributed by atoms with Crippen molar-refractivity contribution in [2.24, 2.45) is 0 Å². The van der Waals surface area contributed by atoms with Gasteiger partial charge in [0.2, 0.25) is 0 Å². The topological polar surface area (TPSA) is 64.8 Å². The minimum atomic E-state index is -0.0572. The van der Waals surface area contributed by atoms with Gasteiger partial charge in [0.15, 0.2) is 17.2 Å². The molecule has 2 aliphatic rings. The first-order chi connectivity index (χ1) is 12.7. The Balaban J connectivity index is 1.62. The molecule has 1 fully saturated rings. The van der Waals surface area contributed by atoms with Gasteiger partial charge in [0.25, 0.3) is 5.91 Å². The molecule has 1 aromatic carbocycles. The van der Waals surface area contributed by atoms with Gasteiger partial charge >= 0.3 is 0 Å². The number of benzene rings is 1. The summed E-state index contributed by atoms with van der Waals surface area (Å²) < 4.78 is 16.2. The summed E-state index contributed by atoms with van der Waals surface area (Å²) in [4.78, 5) is 15.1. The highest BCUT2D eigenvalue weighted by molar-refractivity contribution is 7.99. The van der Waals surface area contributed by atoms with Gasteiger partial charge in [-0.25, -0.2) is 0 Å². The number of rotatable bonds is 4. The third kappa shape index (κ3) is 2.94. The molecule has 26 heavy (non-hydrogen) atoms. The fourth-order valence-electron chi connectivity index (χ4n) is 3.65. The van der Waals surface area contributed by atoms with Crippen LogP contribution in [0.5, 0.6) is 11.5 Å². The van der Waals surface area contributed by atoms with Gasteiger partial charge in [-0.15, -0.1) is 11.8 Å². The molecule has 1 aromatic heterocycles. The first kappa shape index (κ1) is 17.3. The van der Waals surface area contributed by atoms with Gasteiger partial charge in [-0.1, -0.05) is 11.2 Å². The molecule has 6 nitrogen and oxygen atoms in total. The Morgan fingerprint density at radius 3 is 2.85 bits per heavy atom. The fraction of sp³-hybridized carbons (Fsp3) is 0.474. The normalized spacial score (nSPS) is 19.3. The second kappa shape index (κ2) is 7.23. The van der Waals surface area contributed by atoms with Crippen molar-refractivity contribution in [2.75, 3.05) is 26.5 Å². The number of ether oxygens (including phenoxy) is 2. The highest BCUT2D eigenvalue weighted by atomic mass is 32.2. The first-order valence-corrected chi connectivity index (χ1v) is 9.89. The molecule has 1 aliphatic heterocycles. The van der Waals surface area contributed by atoms with E-state index in [0.717, 1.165) is 48.3 Å². The number of thioether (sulfide) groups is 1. The van der Waals surface area contributed by atoms with Crippen LogP contribution in [0.25, 0.3) is 0 Å². The van der Waals surface area contributed by atoms with Gasteiger partial charge in [-0.3, -0.25) is 4.79 Å². The Bertz CT molecular complexity index is 820. The average molecular weight is 374 g/mol. The molecule has 0 N–H and O–H groups in total. The van der Waals surface area contributed by atoms with Crippen molar-refractivity contribution in [3.63, 3.8) is 0 Å². The standard InChI is InChI=1S/C19H22N2O4S/c1-23-15-8-7-12(11-16(15)24-2)19-21(9-10-26-19)18(22)17-13-5-3-4-6-14(13)25-20-17/h7-8,11,19H,3-6,9-10H2,1-2H3. The lowest BCUT2D eigenvalue weighted by Crippen LogP contribution is -2.31. The van der Waals surface area contributed by atoms with Crippen LogP contribution in [0.1, 0.15) is 45.6 Å². The smallest absolute Gasteiger partial charge is 0.277 e. The van der Waals surface area contributed by atoms with Crippen LogP contribution < -0.4 is 9.47 Å². The number of aryl methyl sites for hydroxylation is 1. The van der Waals surface area contributed by atoms with Crippen molar-refractivity contribution in [3.8, 4) is 11.5 Å². The highest BCUT2D eigenvalue weighted by Crippen LogP contribution is 2.42. The molecule has 2 aromatic rings. The van der Waals surface area contributed by atoms with Gasteiger partial charge in [-0.05, 0) is 37.0 Å². The summed E-state index contributed by atoms with van der Waals surface area (Å²) in [7, 11) is 3.24. The van der Waals surface area contributed by atoms with Crippen LogP contribution in [-0.4, -0.2) is 42.5 Å². The molecule has 2 heterocycles. The van der Waals surface area contributed by atoms with E-state index in [9.17, 15) is 4.79 Å². The molecule has 0 spiro atoms. The lowest BCUT2D eigenvalue weighted by Gasteiger charge is -2.24. The Morgan fingerprint density at radius 1 is 1.23 bits per heavy atom. The summed E-state index contributed by atoms with van der Waals surface area (Å²) in [6.45, 7) is 0.699. The molecule has 0 saturated carbocycles. The molecule has 138 valence electrons. The quantitative estimate of drug-likeness (QED) is 0.817. The van der Waals surface area contributed by atoms with Gasteiger partial charge in [0.05, 0.1) is 14.2 Å². The van der Waals surface area contributed by atoms with Crippen LogP contribution in [0.15, 0.2) is 22.7 Å². The van der Waals surface area contributed by atoms with Crippen molar-refractivity contribution in [1.82, 2.24) is 10.1 Å². The van der Waals surface area contributed by atoms with E-state index < -0.39 is 0 Å². The van der Waals surface area contributed by atoms with E-state index in [1.165, 1.54) is 0 Å². The zero-order chi connectivity index (χ0) is 18.1. The molecular formula is C19H22N2O4S. The van der Waals surface area contributed by atoms with Crippen molar-refractivity contribution >= 4 is 17.7 Å². The van der Waals surface area contributed by atoms with Crippen LogP contribution in [0.4, 0.5) is 0 Å². The number of amides is 1. The molecule has 1 saturated heterocycles. The van der Waals surface area contributed by atoms with Crippen LogP contribution >= 0.6 is 11.8 Å². The third-order valence-corrected chi connectivity index (χ3v) is 6.26. The number of fused-ring (bicyclic) bond motifs is 1. The second-order valence-corrected chi connectivity index (χ2v) is 7.66. The number of nitrogens with zero attached hydrogens (tertiary/aromatic N) is 2. The monoisotopic (exact) mass is 374 g/mol. The minimum Gasteiger partial charge on any atom is -0.493 e. The molecule has 7 heteroatoms. The average Bonchev–Trinajstić information content (AvgIpc) is 3.34. The van der Waals surface area contributed by atoms with Gasteiger partial charge in [-0.2, -0.15) is 0 Å². The van der Waals surface area contributed by atoms with Gasteiger partial charge in [0.1, 0.15) is 11.1 Å². The highest BCUT2D eigenvalue weighted by Gasteiger charge is 2.35. The molecule has 1 aliphatic carbocycles. The van der Waals surface area contributed by atoms with Gasteiger partial charge < -0.3 is 18.9 Å². The van der Waals surface area contributed by atoms with Gasteiger partial charge in [0, 0.05) is 24.3 Å². The van der Waals surface area contributed by atoms with E-state index in [0.29, 0.717) is 23.7 Å². The van der Waals surface area contributed by atoms with E-state index in [4.69, 9.17) is 14.0 Å². The van der Waals surface area contributed by atoms with Crippen molar-refractivity contribution in [2.45, 2.75) is 31.1 Å². The third-order valence-electron chi connectivity index (χ3n) is 5.00. The van der Waals surface area contributed by atoms with E-state index in [1.54, 1.807) is 26.0 Å². The number of carbonyl (C=O) groups is 1. The summed E-state index contributed by atoms with van der Waals surface area (Å²) in [5.74, 6) is 3.09. The zero-order valence-electron chi connectivity index (χ0n) is 15.0. The van der Waals surface area contributed by atoms with Crippen molar-refractivity contribution < 1.29 is 18.8 Å². The molecule has 4 rings (SSSR count). The summed E-state index contributed by atoms with van der Waals surface area (Å²) >= 11 is 1.75. The molecule has 1 atom stereocenters. The van der Waals surface area contributed by atoms with Crippen LogP contribution in [0.2, 0.25) is 0 Å². The van der Waals surface area contributed by atoms with E-state index >= 15 is 0 Å². The minimum absolute atomic E-state index is 0.0401. The zero-order valence-corrected chi connectivity index (χ0v) is 15.8. The van der Waals surface area contributed by atoms with E-state index in [2.05, 4.69) is 5.16 Å². The summed E-state index contributed by atoms with van der Waals surface area (Å²) in [6.07, 6.45) is 3.94. The fourth-order valence-corrected chi connectivity index (χ4v) is 4.89. The lowest BCUT2D eigenvalue weighted by molar-refractivity contribution is 0.0748. The summed E-state index contributed by atoms with van der Waals surface area (Å²) in [5.41, 5.74) is 2.52. The summed E-state index contributed by atoms with van der Waals surface area (Å²) in [6, 6.07) is 5.82. The van der Waals surface area contributed by atoms with Crippen LogP contribution in [0, 0.1) is 0 Å². The molecule has 1 amide bonds. The lowest BCUT2D eigenvalue weighted by atomic mass is 9.96. The maximum Gasteiger partial charge on any atom is 0.277 e. The SMILES string of the molecule is COc1ccc(C2SCCN2C(=O)c2noc3c2CCCC3)cc1OC. The van der Waals surface area contributed by atoms with Crippen LogP contribution in [-0.2, 0) is 12.8 Å². The Kier molecular flexibility index (Phi) is 4.80. The maximum atomic E-state index is 13.2. The molecular weight excluding hydrogens is 352 g/mol. The predicted octanol–water partition coefficient (Wildman–Crippen LogP) is 3.46. The number of aromatic nitrogens is 1. The Hall–Kier alpha value is -2.15. The molecule has 0 bridgehead atoms. The van der Waals surface area contributed by atoms with Crippen molar-refractivity contribution in [1.29, 1.82) is 0 Å². The first-order valence-electron chi connectivity index (χ1n) is 8.85. The Labute approximate surface area is 156 Å². The Morgan fingerprint density at radius 2 is 2.04 bits per heavy atom. The van der Waals surface area contributed by atoms with Crippen molar-refractivity contribution in [3.05, 3.63) is 40.8 Å². The van der Waals surface area contributed by atoms with E-state index in [1.807, 2.05) is 23.1 Å². The second-order valence-electron chi connectivity index (χ2n) is 6.48. The number of methoxy groups -OCH3 is 2.